The van der Waals surface area contributed by atoms with Gasteiger partial charge < -0.3 is 5.32 Å². The average molecular weight is 393 g/mol. The quantitative estimate of drug-likeness (QED) is 0.651. The fraction of sp³-hybridized carbons (Fsp3) is 0.316. The molecular weight excluding hydrogens is 368 g/mol. The highest BCUT2D eigenvalue weighted by molar-refractivity contribution is 7.98. The lowest BCUT2D eigenvalue weighted by Crippen LogP contribution is -2.47. The number of hydrogen-bond donors (Lipinski definition) is 2. The van der Waals surface area contributed by atoms with Crippen molar-refractivity contribution in [1.82, 2.24) is 10.0 Å². The Morgan fingerprint density at radius 1 is 1.04 bits per heavy atom. The van der Waals surface area contributed by atoms with Gasteiger partial charge in [0, 0.05) is 6.54 Å². The first-order chi connectivity index (χ1) is 12.5. The van der Waals surface area contributed by atoms with Crippen molar-refractivity contribution < 1.29 is 13.2 Å². The second-order valence-corrected chi connectivity index (χ2v) is 8.49. The Balaban J connectivity index is 1.98. The lowest BCUT2D eigenvalue weighted by molar-refractivity contribution is -0.122. The molecule has 2 aromatic rings. The number of nitrogens with one attached hydrogen (secondary N) is 2. The van der Waals surface area contributed by atoms with E-state index in [1.807, 2.05) is 36.6 Å². The third kappa shape index (κ3) is 6.48. The molecule has 26 heavy (non-hydrogen) atoms. The largest absolute Gasteiger partial charge is 0.354 e. The van der Waals surface area contributed by atoms with Crippen LogP contribution in [-0.4, -0.2) is 38.9 Å². The van der Waals surface area contributed by atoms with Gasteiger partial charge in [0.1, 0.15) is 6.04 Å². The van der Waals surface area contributed by atoms with Crippen LogP contribution in [0.3, 0.4) is 0 Å². The first kappa shape index (κ1) is 20.5. The minimum Gasteiger partial charge on any atom is -0.354 e. The van der Waals surface area contributed by atoms with Crippen LogP contribution in [0.15, 0.2) is 65.6 Å². The van der Waals surface area contributed by atoms with Crippen LogP contribution >= 0.6 is 11.8 Å². The number of thioether (sulfide) groups is 1. The molecular formula is C19H24N2O3S2. The molecule has 0 spiro atoms. The molecule has 0 bridgehead atoms. The van der Waals surface area contributed by atoms with E-state index in [-0.39, 0.29) is 10.8 Å². The average Bonchev–Trinajstić information content (AvgIpc) is 2.66. The summed E-state index contributed by atoms with van der Waals surface area (Å²) in [7, 11) is -3.73. The zero-order valence-corrected chi connectivity index (χ0v) is 16.4. The summed E-state index contributed by atoms with van der Waals surface area (Å²) in [5.74, 6) is 0.392. The summed E-state index contributed by atoms with van der Waals surface area (Å²) >= 11 is 1.58. The molecule has 0 aliphatic heterocycles. The van der Waals surface area contributed by atoms with E-state index in [2.05, 4.69) is 10.0 Å². The lowest BCUT2D eigenvalue weighted by atomic mass is 10.1. The third-order valence-electron chi connectivity index (χ3n) is 3.83. The minimum absolute atomic E-state index is 0.159. The summed E-state index contributed by atoms with van der Waals surface area (Å²) < 4.78 is 27.6. The predicted molar refractivity (Wildman–Crippen MR) is 107 cm³/mol. The Labute approximate surface area is 159 Å². The SMILES string of the molecule is CSCCC(NS(=O)(=O)c1ccccc1)C(=O)NCCc1ccccc1. The Morgan fingerprint density at radius 2 is 1.65 bits per heavy atom. The molecule has 0 aliphatic carbocycles. The molecule has 5 nitrogen and oxygen atoms in total. The Morgan fingerprint density at radius 3 is 2.27 bits per heavy atom. The van der Waals surface area contributed by atoms with Gasteiger partial charge in [0.05, 0.1) is 4.90 Å². The maximum Gasteiger partial charge on any atom is 0.241 e. The number of rotatable bonds is 10. The molecule has 1 amide bonds. The number of sulfonamides is 1. The maximum absolute atomic E-state index is 12.5. The standard InChI is InChI=1S/C19H24N2O3S2/c1-25-15-13-18(21-26(23,24)17-10-6-3-7-11-17)19(22)20-14-12-16-8-4-2-5-9-16/h2-11,18,21H,12-15H2,1H3,(H,20,22). The second-order valence-electron chi connectivity index (χ2n) is 5.80. The molecule has 0 saturated heterocycles. The highest BCUT2D eigenvalue weighted by Crippen LogP contribution is 2.10. The number of benzene rings is 2. The fourth-order valence-corrected chi connectivity index (χ4v) is 4.15. The van der Waals surface area contributed by atoms with E-state index in [1.54, 1.807) is 30.0 Å². The molecule has 0 aromatic heterocycles. The third-order valence-corrected chi connectivity index (χ3v) is 5.97. The Kier molecular flexibility index (Phi) is 8.15. The van der Waals surface area contributed by atoms with E-state index < -0.39 is 16.1 Å². The van der Waals surface area contributed by atoms with E-state index in [1.165, 1.54) is 12.1 Å². The summed E-state index contributed by atoms with van der Waals surface area (Å²) in [6, 6.07) is 17.1. The van der Waals surface area contributed by atoms with Gasteiger partial charge >= 0.3 is 0 Å². The van der Waals surface area contributed by atoms with E-state index in [0.29, 0.717) is 25.1 Å². The number of hydrogen-bond acceptors (Lipinski definition) is 4. The number of carbonyl (C=O) groups is 1. The molecule has 1 atom stereocenters. The number of carbonyl (C=O) groups excluding carboxylic acids is 1. The summed E-state index contributed by atoms with van der Waals surface area (Å²) in [6.45, 7) is 0.464. The Bertz CT molecular complexity index is 781. The molecule has 7 heteroatoms. The lowest BCUT2D eigenvalue weighted by Gasteiger charge is -2.18. The van der Waals surface area contributed by atoms with Gasteiger partial charge in [-0.15, -0.1) is 0 Å². The number of amides is 1. The Hall–Kier alpha value is -1.83. The van der Waals surface area contributed by atoms with E-state index >= 15 is 0 Å². The minimum atomic E-state index is -3.73. The zero-order chi connectivity index (χ0) is 18.8. The topological polar surface area (TPSA) is 75.3 Å². The van der Waals surface area contributed by atoms with Crippen molar-refractivity contribution in [3.05, 3.63) is 66.2 Å². The fourth-order valence-electron chi connectivity index (χ4n) is 2.43. The van der Waals surface area contributed by atoms with E-state index in [0.717, 1.165) is 5.56 Å². The summed E-state index contributed by atoms with van der Waals surface area (Å²) in [6.07, 6.45) is 3.06. The van der Waals surface area contributed by atoms with Crippen LogP contribution in [-0.2, 0) is 21.2 Å². The highest BCUT2D eigenvalue weighted by Gasteiger charge is 2.25. The molecule has 0 heterocycles. The molecule has 2 N–H and O–H groups in total. The normalized spacial score (nSPS) is 12.5. The van der Waals surface area contributed by atoms with Crippen LogP contribution in [0.5, 0.6) is 0 Å². The van der Waals surface area contributed by atoms with Gasteiger partial charge in [0.15, 0.2) is 0 Å². The monoisotopic (exact) mass is 392 g/mol. The van der Waals surface area contributed by atoms with Crippen LogP contribution in [0.25, 0.3) is 0 Å². The summed E-state index contributed by atoms with van der Waals surface area (Å²) in [5.41, 5.74) is 1.12. The van der Waals surface area contributed by atoms with Crippen LogP contribution in [0.1, 0.15) is 12.0 Å². The van der Waals surface area contributed by atoms with Gasteiger partial charge in [-0.1, -0.05) is 48.5 Å². The van der Waals surface area contributed by atoms with Gasteiger partial charge in [-0.3, -0.25) is 4.79 Å². The van der Waals surface area contributed by atoms with Crippen molar-refractivity contribution in [1.29, 1.82) is 0 Å². The van der Waals surface area contributed by atoms with Crippen molar-refractivity contribution in [2.24, 2.45) is 0 Å². The van der Waals surface area contributed by atoms with E-state index in [9.17, 15) is 13.2 Å². The molecule has 140 valence electrons. The van der Waals surface area contributed by atoms with Crippen LogP contribution in [0, 0.1) is 0 Å². The van der Waals surface area contributed by atoms with Gasteiger partial charge in [-0.2, -0.15) is 16.5 Å². The van der Waals surface area contributed by atoms with Gasteiger partial charge in [0.2, 0.25) is 15.9 Å². The smallest absolute Gasteiger partial charge is 0.241 e. The molecule has 0 saturated carbocycles. The summed E-state index contributed by atoms with van der Waals surface area (Å²) in [5, 5.41) is 2.84. The molecule has 0 fully saturated rings. The van der Waals surface area contributed by atoms with Crippen LogP contribution in [0.4, 0.5) is 0 Å². The first-order valence-corrected chi connectivity index (χ1v) is 11.3. The molecule has 1 unspecified atom stereocenters. The second kappa shape index (κ2) is 10.4. The van der Waals surface area contributed by atoms with Crippen LogP contribution < -0.4 is 10.0 Å². The van der Waals surface area contributed by atoms with Gasteiger partial charge in [0.25, 0.3) is 0 Å². The zero-order valence-electron chi connectivity index (χ0n) is 14.7. The van der Waals surface area contributed by atoms with Crippen LogP contribution in [0.2, 0.25) is 0 Å². The molecule has 0 radical (unpaired) electrons. The van der Waals surface area contributed by atoms with Crippen molar-refractivity contribution in [2.45, 2.75) is 23.8 Å². The predicted octanol–water partition coefficient (Wildman–Crippen LogP) is 2.45. The highest BCUT2D eigenvalue weighted by atomic mass is 32.2. The molecule has 2 aromatic carbocycles. The van der Waals surface area contributed by atoms with Gasteiger partial charge in [-0.25, -0.2) is 8.42 Å². The van der Waals surface area contributed by atoms with Crippen molar-refractivity contribution >= 4 is 27.7 Å². The summed E-state index contributed by atoms with van der Waals surface area (Å²) in [4.78, 5) is 12.7. The maximum atomic E-state index is 12.5. The van der Waals surface area contributed by atoms with Gasteiger partial charge in [-0.05, 0) is 42.5 Å². The molecule has 2 rings (SSSR count). The van der Waals surface area contributed by atoms with E-state index in [4.69, 9.17) is 0 Å². The first-order valence-electron chi connectivity index (χ1n) is 8.41. The van der Waals surface area contributed by atoms with Crippen molar-refractivity contribution in [2.75, 3.05) is 18.6 Å². The van der Waals surface area contributed by atoms with Crippen molar-refractivity contribution in [3.63, 3.8) is 0 Å². The molecule has 0 aliphatic rings. The van der Waals surface area contributed by atoms with Crippen molar-refractivity contribution in [3.8, 4) is 0 Å².